The second kappa shape index (κ2) is 2.87. The zero-order valence-electron chi connectivity index (χ0n) is 8.26. The van der Waals surface area contributed by atoms with E-state index in [1.165, 1.54) is 16.9 Å². The Morgan fingerprint density at radius 1 is 1.40 bits per heavy atom. The van der Waals surface area contributed by atoms with Gasteiger partial charge in [-0.25, -0.2) is 9.48 Å². The first-order valence-corrected chi connectivity index (χ1v) is 5.01. The monoisotopic (exact) mass is 199 g/mol. The van der Waals surface area contributed by atoms with Crippen LogP contribution in [0.25, 0.3) is 0 Å². The van der Waals surface area contributed by atoms with Crippen LogP contribution in [0.2, 0.25) is 0 Å². The molecule has 0 bridgehead atoms. The molecule has 0 aliphatic carbocycles. The molecule has 1 unspecified atom stereocenters. The first kappa shape index (κ1) is 8.56. The Balaban J connectivity index is 2.22. The number of rotatable bonds is 2. The maximum atomic E-state index is 10.8. The average Bonchev–Trinajstić information content (AvgIpc) is 2.74. The highest BCUT2D eigenvalue weighted by Gasteiger charge is 2.44. The minimum atomic E-state index is 0.451. The van der Waals surface area contributed by atoms with E-state index in [1.54, 1.807) is 0 Å². The Morgan fingerprint density at radius 2 is 2.27 bits per heavy atom. The first-order chi connectivity index (χ1) is 7.37. The van der Waals surface area contributed by atoms with Gasteiger partial charge in [0.2, 0.25) is 6.34 Å². The number of allylic oxidation sites excluding steroid dienone is 1. The molecule has 0 saturated heterocycles. The Morgan fingerprint density at radius 3 is 3.13 bits per heavy atom. The van der Waals surface area contributed by atoms with Crippen molar-refractivity contribution in [1.29, 1.82) is 0 Å². The van der Waals surface area contributed by atoms with Gasteiger partial charge in [0.25, 0.3) is 0 Å². The van der Waals surface area contributed by atoms with Gasteiger partial charge in [0.15, 0.2) is 6.29 Å². The number of hydrogen-bond acceptors (Lipinski definition) is 2. The average molecular weight is 199 g/mol. The fraction of sp³-hybridized carbons (Fsp3) is 0.167. The molecule has 0 spiro atoms. The first-order valence-electron chi connectivity index (χ1n) is 5.01. The molecule has 1 aromatic rings. The molecule has 3 nitrogen and oxygen atoms in total. The van der Waals surface area contributed by atoms with Crippen LogP contribution in [0.5, 0.6) is 0 Å². The van der Waals surface area contributed by atoms with Crippen molar-refractivity contribution < 1.29 is 4.79 Å². The summed E-state index contributed by atoms with van der Waals surface area (Å²) in [6, 6.07) is 8.25. The number of aldehydes is 1. The van der Waals surface area contributed by atoms with Crippen LogP contribution < -0.4 is 4.48 Å². The van der Waals surface area contributed by atoms with Crippen LogP contribution in [-0.4, -0.2) is 19.2 Å². The molecule has 74 valence electrons. The summed E-state index contributed by atoms with van der Waals surface area (Å²) in [5, 5.41) is 0. The third-order valence-corrected chi connectivity index (χ3v) is 3.16. The lowest BCUT2D eigenvalue weighted by Crippen LogP contribution is -2.44. The summed E-state index contributed by atoms with van der Waals surface area (Å²) in [7, 11) is 0. The highest BCUT2D eigenvalue weighted by atomic mass is 16.1. The minimum absolute atomic E-state index is 0.451. The van der Waals surface area contributed by atoms with Gasteiger partial charge in [-0.3, -0.25) is 4.79 Å². The fourth-order valence-electron chi connectivity index (χ4n) is 2.44. The molecule has 0 saturated carbocycles. The van der Waals surface area contributed by atoms with Crippen molar-refractivity contribution in [2.75, 3.05) is 6.54 Å². The van der Waals surface area contributed by atoms with Crippen molar-refractivity contribution in [1.82, 2.24) is 4.48 Å². The standard InChI is InChI=1S/C12H11N2O/c15-6-5-14-9-13-8-11(14)7-10-3-1-2-4-12(10)14/h1-4,6,8-9H,5,7H2/q+1. The highest BCUT2D eigenvalue weighted by Crippen LogP contribution is 2.41. The van der Waals surface area contributed by atoms with E-state index >= 15 is 0 Å². The molecule has 2 heterocycles. The smallest absolute Gasteiger partial charge is 0.200 e. The van der Waals surface area contributed by atoms with Gasteiger partial charge in [-0.1, -0.05) is 18.2 Å². The number of carbonyl (C=O) groups excluding carboxylic acids is 1. The summed E-state index contributed by atoms with van der Waals surface area (Å²) in [6.45, 7) is 0.451. The van der Waals surface area contributed by atoms with Crippen molar-refractivity contribution in [2.24, 2.45) is 4.99 Å². The van der Waals surface area contributed by atoms with Gasteiger partial charge < -0.3 is 0 Å². The summed E-state index contributed by atoms with van der Waals surface area (Å²) in [4.78, 5) is 15.0. The SMILES string of the molecule is O=CC[N+]12C=NC=C1Cc1ccccc12. The zero-order chi connectivity index (χ0) is 10.3. The predicted octanol–water partition coefficient (Wildman–Crippen LogP) is 1.63. The predicted molar refractivity (Wildman–Crippen MR) is 59.4 cm³/mol. The van der Waals surface area contributed by atoms with E-state index in [0.29, 0.717) is 11.0 Å². The maximum Gasteiger partial charge on any atom is 0.200 e. The van der Waals surface area contributed by atoms with Crippen LogP contribution in [-0.2, 0) is 11.2 Å². The fourth-order valence-corrected chi connectivity index (χ4v) is 2.44. The Labute approximate surface area is 87.9 Å². The molecule has 0 fully saturated rings. The highest BCUT2D eigenvalue weighted by molar-refractivity contribution is 5.88. The van der Waals surface area contributed by atoms with Gasteiger partial charge in [-0.15, -0.1) is 0 Å². The Hall–Kier alpha value is -1.74. The minimum Gasteiger partial charge on any atom is -0.297 e. The second-order valence-corrected chi connectivity index (χ2v) is 3.91. The number of fused-ring (bicyclic) bond motifs is 3. The number of nitrogens with zero attached hydrogens (tertiary/aromatic N) is 2. The van der Waals surface area contributed by atoms with Gasteiger partial charge in [0.05, 0.1) is 12.6 Å². The van der Waals surface area contributed by atoms with Crippen molar-refractivity contribution in [3.8, 4) is 0 Å². The third-order valence-electron chi connectivity index (χ3n) is 3.16. The molecule has 1 aromatic carbocycles. The van der Waals surface area contributed by atoms with E-state index in [4.69, 9.17) is 0 Å². The lowest BCUT2D eigenvalue weighted by molar-refractivity contribution is -0.107. The number of para-hydroxylation sites is 1. The van der Waals surface area contributed by atoms with E-state index in [2.05, 4.69) is 17.1 Å². The lowest BCUT2D eigenvalue weighted by atomic mass is 10.1. The quantitative estimate of drug-likeness (QED) is 0.526. The van der Waals surface area contributed by atoms with Gasteiger partial charge in [-0.05, 0) is 0 Å². The molecule has 2 aliphatic rings. The van der Waals surface area contributed by atoms with E-state index in [-0.39, 0.29) is 0 Å². The van der Waals surface area contributed by atoms with Crippen molar-refractivity contribution in [3.05, 3.63) is 41.7 Å². The number of benzene rings is 1. The Kier molecular flexibility index (Phi) is 1.64. The molecule has 3 heteroatoms. The van der Waals surface area contributed by atoms with Crippen LogP contribution in [0.1, 0.15) is 5.56 Å². The number of aliphatic imine (C=N–C) groups is 1. The third kappa shape index (κ3) is 0.982. The molecule has 2 aliphatic heterocycles. The van der Waals surface area contributed by atoms with E-state index in [9.17, 15) is 4.79 Å². The number of quaternary nitrogens is 1. The van der Waals surface area contributed by atoms with Crippen molar-refractivity contribution in [3.63, 3.8) is 0 Å². The molecule has 0 N–H and O–H groups in total. The van der Waals surface area contributed by atoms with Gasteiger partial charge >= 0.3 is 0 Å². The van der Waals surface area contributed by atoms with Crippen molar-refractivity contribution in [2.45, 2.75) is 6.42 Å². The normalized spacial score (nSPS) is 26.0. The summed E-state index contributed by atoms with van der Waals surface area (Å²) in [6.07, 6.45) is 5.61. The summed E-state index contributed by atoms with van der Waals surface area (Å²) < 4.78 is 0.514. The molecule has 0 aromatic heterocycles. The van der Waals surface area contributed by atoms with Gasteiger partial charge in [0, 0.05) is 11.6 Å². The number of hydrogen-bond donors (Lipinski definition) is 0. The van der Waals surface area contributed by atoms with Gasteiger partial charge in [-0.2, -0.15) is 0 Å². The van der Waals surface area contributed by atoms with Crippen LogP contribution in [0.15, 0.2) is 41.2 Å². The maximum absolute atomic E-state index is 10.8. The second-order valence-electron chi connectivity index (χ2n) is 3.91. The van der Waals surface area contributed by atoms with Crippen LogP contribution in [0.3, 0.4) is 0 Å². The molecule has 0 radical (unpaired) electrons. The molecule has 1 atom stereocenters. The van der Waals surface area contributed by atoms with Crippen molar-refractivity contribution >= 4 is 18.3 Å². The Bertz CT molecular complexity index is 490. The largest absolute Gasteiger partial charge is 0.297 e. The van der Waals surface area contributed by atoms with E-state index < -0.39 is 0 Å². The lowest BCUT2D eigenvalue weighted by Gasteiger charge is -2.24. The molecule has 3 rings (SSSR count). The van der Waals surface area contributed by atoms with Gasteiger partial charge in [0.1, 0.15) is 17.9 Å². The summed E-state index contributed by atoms with van der Waals surface area (Å²) in [5.41, 5.74) is 3.69. The molecule has 15 heavy (non-hydrogen) atoms. The summed E-state index contributed by atoms with van der Waals surface area (Å²) in [5.74, 6) is 0. The van der Waals surface area contributed by atoms with Crippen LogP contribution in [0.4, 0.5) is 5.69 Å². The number of carbonyl (C=O) groups is 1. The van der Waals surface area contributed by atoms with E-state index in [1.807, 2.05) is 24.7 Å². The zero-order valence-corrected chi connectivity index (χ0v) is 8.26. The molecular formula is C12H11N2O+. The molecular weight excluding hydrogens is 188 g/mol. The van der Waals surface area contributed by atoms with Crippen LogP contribution >= 0.6 is 0 Å². The molecule has 0 amide bonds. The van der Waals surface area contributed by atoms with Crippen LogP contribution in [0, 0.1) is 0 Å². The van der Waals surface area contributed by atoms with E-state index in [0.717, 1.165) is 12.7 Å². The summed E-state index contributed by atoms with van der Waals surface area (Å²) >= 11 is 0. The topological polar surface area (TPSA) is 29.4 Å².